The number of benzene rings is 2. The van der Waals surface area contributed by atoms with Crippen LogP contribution in [0, 0.1) is 0 Å². The van der Waals surface area contributed by atoms with Crippen molar-refractivity contribution in [2.45, 2.75) is 62.5 Å². The molecule has 0 unspecified atom stereocenters. The Kier molecular flexibility index (Phi) is 9.01. The Bertz CT molecular complexity index is 992. The van der Waals surface area contributed by atoms with Gasteiger partial charge in [0.15, 0.2) is 0 Å². The second-order valence-electron chi connectivity index (χ2n) is 8.42. The molecule has 1 aliphatic rings. The van der Waals surface area contributed by atoms with Gasteiger partial charge in [-0.2, -0.15) is 13.2 Å². The van der Waals surface area contributed by atoms with Gasteiger partial charge >= 0.3 is 6.18 Å². The summed E-state index contributed by atoms with van der Waals surface area (Å²) in [4.78, 5) is 15.7. The lowest BCUT2D eigenvalue weighted by Crippen LogP contribution is -2.30. The summed E-state index contributed by atoms with van der Waals surface area (Å²) >= 11 is 14.0. The smallest absolute Gasteiger partial charge is 0.348 e. The van der Waals surface area contributed by atoms with Crippen LogP contribution < -0.4 is 5.32 Å². The Morgan fingerprint density at radius 3 is 2.45 bits per heavy atom. The maximum absolute atomic E-state index is 13.9. The normalized spacial score (nSPS) is 15.2. The van der Waals surface area contributed by atoms with E-state index in [0.29, 0.717) is 10.3 Å². The first-order valence-electron chi connectivity index (χ1n) is 10.9. The van der Waals surface area contributed by atoms with E-state index in [-0.39, 0.29) is 29.2 Å². The fourth-order valence-corrected chi connectivity index (χ4v) is 5.27. The SMILES string of the molecule is CC(C)Sc1ccc(Cl)cc1CNC(=O)c1cc(Cl)c(CN2CCCCC2)c(C(F)(F)F)c1. The third kappa shape index (κ3) is 7.28. The van der Waals surface area contributed by atoms with E-state index in [9.17, 15) is 18.0 Å². The van der Waals surface area contributed by atoms with E-state index < -0.39 is 17.6 Å². The Balaban J connectivity index is 1.82. The number of alkyl halides is 3. The van der Waals surface area contributed by atoms with Crippen LogP contribution in [-0.4, -0.2) is 29.1 Å². The van der Waals surface area contributed by atoms with Gasteiger partial charge in [-0.1, -0.05) is 43.5 Å². The van der Waals surface area contributed by atoms with Crippen molar-refractivity contribution in [2.75, 3.05) is 13.1 Å². The summed E-state index contributed by atoms with van der Waals surface area (Å²) in [5.74, 6) is -0.618. The lowest BCUT2D eigenvalue weighted by Gasteiger charge is -2.28. The molecular weight excluding hydrogens is 492 g/mol. The average Bonchev–Trinajstić information content (AvgIpc) is 2.74. The quantitative estimate of drug-likeness (QED) is 0.386. The molecule has 0 aromatic heterocycles. The predicted octanol–water partition coefficient (Wildman–Crippen LogP) is 7.43. The summed E-state index contributed by atoms with van der Waals surface area (Å²) in [5, 5.41) is 3.52. The molecule has 1 amide bonds. The number of carbonyl (C=O) groups is 1. The van der Waals surface area contributed by atoms with Gasteiger partial charge in [-0.05, 0) is 67.4 Å². The van der Waals surface area contributed by atoms with Crippen molar-refractivity contribution >= 4 is 40.9 Å². The summed E-state index contributed by atoms with van der Waals surface area (Å²) in [7, 11) is 0. The minimum atomic E-state index is -4.61. The van der Waals surface area contributed by atoms with E-state index in [1.165, 1.54) is 6.07 Å². The Morgan fingerprint density at radius 2 is 1.82 bits per heavy atom. The number of likely N-dealkylation sites (tertiary alicyclic amines) is 1. The van der Waals surface area contributed by atoms with Gasteiger partial charge in [-0.3, -0.25) is 9.69 Å². The van der Waals surface area contributed by atoms with E-state index in [1.54, 1.807) is 23.9 Å². The highest BCUT2D eigenvalue weighted by atomic mass is 35.5. The molecule has 1 fully saturated rings. The highest BCUT2D eigenvalue weighted by molar-refractivity contribution is 8.00. The van der Waals surface area contributed by atoms with Crippen LogP contribution in [0.1, 0.15) is 60.2 Å². The first kappa shape index (κ1) is 26.2. The number of hydrogen-bond donors (Lipinski definition) is 1. The van der Waals surface area contributed by atoms with Crippen molar-refractivity contribution in [3.05, 3.63) is 62.6 Å². The van der Waals surface area contributed by atoms with Gasteiger partial charge in [-0.25, -0.2) is 0 Å². The lowest BCUT2D eigenvalue weighted by atomic mass is 10.0. The first-order valence-corrected chi connectivity index (χ1v) is 12.5. The second kappa shape index (κ2) is 11.3. The number of nitrogens with zero attached hydrogens (tertiary/aromatic N) is 1. The van der Waals surface area contributed by atoms with Crippen LogP contribution >= 0.6 is 35.0 Å². The number of nitrogens with one attached hydrogen (secondary N) is 1. The number of halogens is 5. The van der Waals surface area contributed by atoms with Gasteiger partial charge in [0.05, 0.1) is 5.56 Å². The van der Waals surface area contributed by atoms with Crippen LogP contribution in [0.4, 0.5) is 13.2 Å². The molecule has 1 saturated heterocycles. The largest absolute Gasteiger partial charge is 0.416 e. The van der Waals surface area contributed by atoms with E-state index in [0.717, 1.165) is 48.9 Å². The number of amides is 1. The molecule has 1 N–H and O–H groups in total. The van der Waals surface area contributed by atoms with Crippen molar-refractivity contribution in [3.63, 3.8) is 0 Å². The monoisotopic (exact) mass is 518 g/mol. The van der Waals surface area contributed by atoms with Crippen molar-refractivity contribution in [1.82, 2.24) is 10.2 Å². The third-order valence-electron chi connectivity index (χ3n) is 5.42. The fraction of sp³-hybridized carbons (Fsp3) is 0.458. The van der Waals surface area contributed by atoms with Crippen LogP contribution in [0.15, 0.2) is 35.2 Å². The van der Waals surface area contributed by atoms with Gasteiger partial charge in [0.1, 0.15) is 0 Å². The van der Waals surface area contributed by atoms with Gasteiger partial charge in [0.2, 0.25) is 0 Å². The molecule has 1 aliphatic heterocycles. The number of rotatable bonds is 7. The molecule has 0 bridgehead atoms. The first-order chi connectivity index (χ1) is 15.5. The number of thioether (sulfide) groups is 1. The van der Waals surface area contributed by atoms with E-state index in [2.05, 4.69) is 5.32 Å². The Labute approximate surface area is 207 Å². The fourth-order valence-electron chi connectivity index (χ4n) is 3.86. The van der Waals surface area contributed by atoms with Crippen molar-refractivity contribution < 1.29 is 18.0 Å². The molecule has 0 spiro atoms. The molecule has 3 rings (SSSR count). The third-order valence-corrected chi connectivity index (χ3v) is 7.11. The van der Waals surface area contributed by atoms with Crippen LogP contribution in [-0.2, 0) is 19.3 Å². The lowest BCUT2D eigenvalue weighted by molar-refractivity contribution is -0.138. The summed E-state index contributed by atoms with van der Waals surface area (Å²) in [5.41, 5.74) is -0.147. The maximum atomic E-state index is 13.9. The minimum absolute atomic E-state index is 0.0214. The molecule has 1 heterocycles. The summed E-state index contributed by atoms with van der Waals surface area (Å²) in [6.07, 6.45) is -1.61. The van der Waals surface area contributed by atoms with Gasteiger partial charge in [0.25, 0.3) is 5.91 Å². The predicted molar refractivity (Wildman–Crippen MR) is 129 cm³/mol. The zero-order valence-corrected chi connectivity index (χ0v) is 20.9. The number of hydrogen-bond acceptors (Lipinski definition) is 3. The van der Waals surface area contributed by atoms with Gasteiger partial charge < -0.3 is 5.32 Å². The summed E-state index contributed by atoms with van der Waals surface area (Å²) in [6, 6.07) is 7.63. The van der Waals surface area contributed by atoms with Crippen LogP contribution in [0.5, 0.6) is 0 Å². The molecule has 0 saturated carbocycles. The van der Waals surface area contributed by atoms with E-state index in [4.69, 9.17) is 23.2 Å². The van der Waals surface area contributed by atoms with Crippen molar-refractivity contribution in [3.8, 4) is 0 Å². The standard InChI is InChI=1S/C24H27Cl2F3N2OS/c1-15(2)33-22-7-6-18(25)10-17(22)13-30-23(32)16-11-20(24(27,28)29)19(21(26)12-16)14-31-8-4-3-5-9-31/h6-7,10-12,15H,3-5,8-9,13-14H2,1-2H3,(H,30,32). The Morgan fingerprint density at radius 1 is 1.12 bits per heavy atom. The average molecular weight is 519 g/mol. The molecule has 9 heteroatoms. The molecule has 33 heavy (non-hydrogen) atoms. The van der Waals surface area contributed by atoms with Crippen LogP contribution in [0.25, 0.3) is 0 Å². The number of carbonyl (C=O) groups excluding carboxylic acids is 1. The molecule has 3 nitrogen and oxygen atoms in total. The highest BCUT2D eigenvalue weighted by Crippen LogP contribution is 2.37. The van der Waals surface area contributed by atoms with Gasteiger partial charge in [0, 0.05) is 38.8 Å². The Hall–Kier alpha value is -1.41. The zero-order valence-electron chi connectivity index (χ0n) is 18.6. The second-order valence-corrected chi connectivity index (χ2v) is 10.9. The van der Waals surface area contributed by atoms with Crippen LogP contribution in [0.3, 0.4) is 0 Å². The van der Waals surface area contributed by atoms with Crippen molar-refractivity contribution in [1.29, 1.82) is 0 Å². The van der Waals surface area contributed by atoms with Crippen LogP contribution in [0.2, 0.25) is 10.0 Å². The highest BCUT2D eigenvalue weighted by Gasteiger charge is 2.36. The van der Waals surface area contributed by atoms with E-state index >= 15 is 0 Å². The number of piperidine rings is 1. The molecule has 0 atom stereocenters. The van der Waals surface area contributed by atoms with Crippen molar-refractivity contribution in [2.24, 2.45) is 0 Å². The van der Waals surface area contributed by atoms with E-state index in [1.807, 2.05) is 24.8 Å². The van der Waals surface area contributed by atoms with Gasteiger partial charge in [-0.15, -0.1) is 11.8 Å². The minimum Gasteiger partial charge on any atom is -0.348 e. The maximum Gasteiger partial charge on any atom is 0.416 e. The summed E-state index contributed by atoms with van der Waals surface area (Å²) < 4.78 is 41.6. The molecule has 0 radical (unpaired) electrons. The molecule has 2 aromatic carbocycles. The topological polar surface area (TPSA) is 32.3 Å². The molecule has 180 valence electrons. The molecular formula is C24H27Cl2F3N2OS. The molecule has 2 aromatic rings. The molecule has 0 aliphatic carbocycles. The summed E-state index contributed by atoms with van der Waals surface area (Å²) in [6.45, 7) is 5.84. The zero-order chi connectivity index (χ0) is 24.2.